The van der Waals surface area contributed by atoms with Crippen molar-refractivity contribution in [3.63, 3.8) is 0 Å². The highest BCUT2D eigenvalue weighted by Gasteiger charge is 2.15. The van der Waals surface area contributed by atoms with Gasteiger partial charge in [-0.05, 0) is 46.8 Å². The molecule has 29 heavy (non-hydrogen) atoms. The van der Waals surface area contributed by atoms with E-state index in [-0.39, 0.29) is 10.6 Å². The Morgan fingerprint density at radius 2 is 1.66 bits per heavy atom. The average Bonchev–Trinajstić information content (AvgIpc) is 3.45. The van der Waals surface area contributed by atoms with Gasteiger partial charge in [-0.2, -0.15) is 0 Å². The molecule has 5 rings (SSSR count). The lowest BCUT2D eigenvalue weighted by atomic mass is 9.99. The van der Waals surface area contributed by atoms with Gasteiger partial charge in [-0.25, -0.2) is 4.98 Å². The summed E-state index contributed by atoms with van der Waals surface area (Å²) in [4.78, 5) is 19.3. The highest BCUT2D eigenvalue weighted by molar-refractivity contribution is 7.23. The third-order valence-corrected chi connectivity index (χ3v) is 6.88. The Hall–Kier alpha value is -3.35. The van der Waals surface area contributed by atoms with Gasteiger partial charge >= 0.3 is 0 Å². The van der Waals surface area contributed by atoms with Crippen molar-refractivity contribution < 1.29 is 4.92 Å². The Labute approximate surface area is 174 Å². The van der Waals surface area contributed by atoms with E-state index in [0.717, 1.165) is 32.6 Å². The van der Waals surface area contributed by atoms with E-state index in [4.69, 9.17) is 4.98 Å². The van der Waals surface area contributed by atoms with E-state index >= 15 is 0 Å². The molecule has 0 bridgehead atoms. The number of nitrogens with zero attached hydrogens (tertiary/aromatic N) is 2. The second-order valence-corrected chi connectivity index (χ2v) is 8.55. The lowest BCUT2D eigenvalue weighted by molar-refractivity contribution is -0.384. The van der Waals surface area contributed by atoms with Gasteiger partial charge in [-0.1, -0.05) is 36.4 Å². The molecule has 6 heteroatoms. The zero-order valence-electron chi connectivity index (χ0n) is 15.1. The summed E-state index contributed by atoms with van der Waals surface area (Å²) in [6, 6.07) is 25.2. The second kappa shape index (κ2) is 7.24. The second-order valence-electron chi connectivity index (χ2n) is 6.52. The van der Waals surface area contributed by atoms with Crippen molar-refractivity contribution in [3.8, 4) is 31.5 Å². The average molecular weight is 415 g/mol. The molecular weight excluding hydrogens is 400 g/mol. The molecule has 5 aromatic rings. The van der Waals surface area contributed by atoms with Crippen molar-refractivity contribution >= 4 is 39.3 Å². The zero-order valence-corrected chi connectivity index (χ0v) is 16.7. The number of hydrogen-bond acceptors (Lipinski definition) is 5. The summed E-state index contributed by atoms with van der Waals surface area (Å²) >= 11 is 3.42. The molecule has 0 saturated heterocycles. The van der Waals surface area contributed by atoms with Crippen LogP contribution in [0.1, 0.15) is 0 Å². The van der Waals surface area contributed by atoms with Crippen LogP contribution in [0.2, 0.25) is 0 Å². The predicted octanol–water partition coefficient (Wildman–Crippen LogP) is 7.27. The number of nitro groups is 1. The molecule has 0 radical (unpaired) electrons. The quantitative estimate of drug-likeness (QED) is 0.229. The molecular formula is C23H14N2O2S2. The minimum absolute atomic E-state index is 0.0698. The van der Waals surface area contributed by atoms with Crippen LogP contribution in [0.3, 0.4) is 0 Å². The summed E-state index contributed by atoms with van der Waals surface area (Å²) in [5.74, 6) is 0. The minimum Gasteiger partial charge on any atom is -0.258 e. The van der Waals surface area contributed by atoms with Crippen LogP contribution >= 0.6 is 22.7 Å². The number of thiophene rings is 2. The summed E-state index contributed by atoms with van der Waals surface area (Å²) < 4.78 is 0. The molecule has 0 N–H and O–H groups in total. The van der Waals surface area contributed by atoms with Gasteiger partial charge in [0.15, 0.2) is 0 Å². The lowest BCUT2D eigenvalue weighted by Gasteiger charge is -2.09. The molecule has 3 heterocycles. The van der Waals surface area contributed by atoms with Crippen LogP contribution in [0.5, 0.6) is 0 Å². The fourth-order valence-corrected chi connectivity index (χ4v) is 5.14. The van der Waals surface area contributed by atoms with E-state index in [1.54, 1.807) is 34.8 Å². The third kappa shape index (κ3) is 3.33. The van der Waals surface area contributed by atoms with Crippen LogP contribution in [-0.2, 0) is 0 Å². The summed E-state index contributed by atoms with van der Waals surface area (Å²) in [5.41, 5.74) is 3.65. The Kier molecular flexibility index (Phi) is 4.42. The van der Waals surface area contributed by atoms with Crippen LogP contribution in [0.4, 0.5) is 5.69 Å². The SMILES string of the molecule is O=[N+]([O-])c1ccc2nc(-c3ccc(-c4cccs4)s3)cc(-c3ccccc3)c2c1. The molecule has 0 aliphatic heterocycles. The minimum atomic E-state index is -0.366. The van der Waals surface area contributed by atoms with E-state index in [1.165, 1.54) is 15.8 Å². The van der Waals surface area contributed by atoms with Crippen LogP contribution < -0.4 is 0 Å². The zero-order chi connectivity index (χ0) is 19.8. The van der Waals surface area contributed by atoms with Crippen molar-refractivity contribution in [2.75, 3.05) is 0 Å². The number of aromatic nitrogens is 1. The first kappa shape index (κ1) is 17.7. The molecule has 0 atom stereocenters. The van der Waals surface area contributed by atoms with E-state index in [0.29, 0.717) is 0 Å². The maximum atomic E-state index is 11.3. The van der Waals surface area contributed by atoms with Gasteiger partial charge in [0.2, 0.25) is 0 Å². The Morgan fingerprint density at radius 3 is 2.41 bits per heavy atom. The molecule has 0 saturated carbocycles. The first-order valence-electron chi connectivity index (χ1n) is 8.98. The summed E-state index contributed by atoms with van der Waals surface area (Å²) in [6.07, 6.45) is 0. The van der Waals surface area contributed by atoms with Gasteiger partial charge in [-0.15, -0.1) is 22.7 Å². The van der Waals surface area contributed by atoms with Crippen LogP contribution in [0.15, 0.2) is 84.2 Å². The number of nitro benzene ring substituents is 1. The van der Waals surface area contributed by atoms with Crippen molar-refractivity contribution in [1.29, 1.82) is 0 Å². The number of non-ortho nitro benzene ring substituents is 1. The smallest absolute Gasteiger partial charge is 0.258 e. The molecule has 0 aliphatic carbocycles. The molecule has 0 amide bonds. The van der Waals surface area contributed by atoms with Gasteiger partial charge in [0.1, 0.15) is 0 Å². The highest BCUT2D eigenvalue weighted by Crippen LogP contribution is 2.39. The topological polar surface area (TPSA) is 56.0 Å². The summed E-state index contributed by atoms with van der Waals surface area (Å²) in [6.45, 7) is 0. The normalized spacial score (nSPS) is 11.0. The molecule has 140 valence electrons. The number of benzene rings is 2. The molecule has 0 unspecified atom stereocenters. The monoisotopic (exact) mass is 414 g/mol. The standard InChI is InChI=1S/C23H14N2O2S2/c26-25(27)16-8-9-19-18(13-16)17(15-5-2-1-3-6-15)14-20(24-19)21-10-11-23(29-21)22-7-4-12-28-22/h1-14H. The largest absolute Gasteiger partial charge is 0.270 e. The lowest BCUT2D eigenvalue weighted by Crippen LogP contribution is -1.92. The van der Waals surface area contributed by atoms with Crippen molar-refractivity contribution in [2.24, 2.45) is 0 Å². The highest BCUT2D eigenvalue weighted by atomic mass is 32.1. The van der Waals surface area contributed by atoms with Crippen LogP contribution in [0, 0.1) is 10.1 Å². The predicted molar refractivity (Wildman–Crippen MR) is 120 cm³/mol. The number of pyridine rings is 1. The number of fused-ring (bicyclic) bond motifs is 1. The first-order valence-corrected chi connectivity index (χ1v) is 10.7. The van der Waals surface area contributed by atoms with Gasteiger partial charge in [0.25, 0.3) is 5.69 Å². The first-order chi connectivity index (χ1) is 14.2. The van der Waals surface area contributed by atoms with E-state index in [9.17, 15) is 10.1 Å². The Bertz CT molecular complexity index is 1330. The molecule has 2 aromatic carbocycles. The van der Waals surface area contributed by atoms with Gasteiger partial charge in [0, 0.05) is 27.3 Å². The number of hydrogen-bond donors (Lipinski definition) is 0. The fraction of sp³-hybridized carbons (Fsp3) is 0. The van der Waals surface area contributed by atoms with E-state index in [1.807, 2.05) is 42.5 Å². The maximum absolute atomic E-state index is 11.3. The fourth-order valence-electron chi connectivity index (χ4n) is 3.34. The summed E-state index contributed by atoms with van der Waals surface area (Å²) in [5, 5.41) is 14.1. The maximum Gasteiger partial charge on any atom is 0.270 e. The van der Waals surface area contributed by atoms with Crippen molar-refractivity contribution in [3.05, 3.63) is 94.4 Å². The Balaban J connectivity index is 1.71. The van der Waals surface area contributed by atoms with Crippen molar-refractivity contribution in [2.45, 2.75) is 0 Å². The van der Waals surface area contributed by atoms with Gasteiger partial charge in [-0.3, -0.25) is 10.1 Å². The van der Waals surface area contributed by atoms with Gasteiger partial charge < -0.3 is 0 Å². The molecule has 3 aromatic heterocycles. The van der Waals surface area contributed by atoms with Crippen molar-refractivity contribution in [1.82, 2.24) is 4.98 Å². The molecule has 0 spiro atoms. The molecule has 0 aliphatic rings. The Morgan fingerprint density at radius 1 is 0.828 bits per heavy atom. The van der Waals surface area contributed by atoms with Crippen LogP contribution in [-0.4, -0.2) is 9.91 Å². The third-order valence-electron chi connectivity index (χ3n) is 4.71. The van der Waals surface area contributed by atoms with E-state index in [2.05, 4.69) is 23.6 Å². The number of rotatable bonds is 4. The van der Waals surface area contributed by atoms with E-state index < -0.39 is 0 Å². The van der Waals surface area contributed by atoms with Crippen LogP contribution in [0.25, 0.3) is 42.4 Å². The summed E-state index contributed by atoms with van der Waals surface area (Å²) in [7, 11) is 0. The van der Waals surface area contributed by atoms with Gasteiger partial charge in [0.05, 0.1) is 21.0 Å². The molecule has 4 nitrogen and oxygen atoms in total. The molecule has 0 fully saturated rings.